The fourth-order valence-electron chi connectivity index (χ4n) is 1.45. The number of likely N-dealkylation sites (N-methyl/N-ethyl adjacent to an activating group) is 1. The highest BCUT2D eigenvalue weighted by Gasteiger charge is 2.07. The van der Waals surface area contributed by atoms with Crippen LogP contribution < -0.4 is 4.74 Å². The minimum atomic E-state index is -0.377. The van der Waals surface area contributed by atoms with E-state index >= 15 is 0 Å². The zero-order valence-electron chi connectivity index (χ0n) is 11.7. The second-order valence-electron chi connectivity index (χ2n) is 4.00. The van der Waals surface area contributed by atoms with E-state index in [2.05, 4.69) is 0 Å². The molecule has 0 aliphatic rings. The summed E-state index contributed by atoms with van der Waals surface area (Å²) in [5.74, 6) is 0.121. The Balaban J connectivity index is 2.56. The number of carbonyl (C=O) groups is 1. The number of rotatable bonds is 6. The van der Waals surface area contributed by atoms with E-state index in [1.54, 1.807) is 53.6 Å². The zero-order chi connectivity index (χ0) is 15.5. The van der Waals surface area contributed by atoms with Gasteiger partial charge in [-0.15, -0.1) is 0 Å². The van der Waals surface area contributed by atoms with Gasteiger partial charge in [0.2, 0.25) is 0 Å². The van der Waals surface area contributed by atoms with Gasteiger partial charge in [-0.2, -0.15) is 10.5 Å². The molecule has 0 aliphatic carbocycles. The predicted molar refractivity (Wildman–Crippen MR) is 77.8 cm³/mol. The van der Waals surface area contributed by atoms with E-state index in [1.165, 1.54) is 6.08 Å². The largest absolute Gasteiger partial charge is 0.425 e. The Morgan fingerprint density at radius 1 is 1.29 bits per heavy atom. The second-order valence-corrected chi connectivity index (χ2v) is 4.00. The van der Waals surface area contributed by atoms with E-state index in [4.69, 9.17) is 15.3 Å². The topological polar surface area (TPSA) is 77.1 Å². The van der Waals surface area contributed by atoms with Crippen LogP contribution in [0.25, 0.3) is 0 Å². The molecule has 0 saturated heterocycles. The summed E-state index contributed by atoms with van der Waals surface area (Å²) in [6, 6.07) is 12.3. The first kappa shape index (κ1) is 16.0. The van der Waals surface area contributed by atoms with Crippen molar-refractivity contribution in [1.82, 2.24) is 4.90 Å². The van der Waals surface area contributed by atoms with E-state index in [1.807, 2.05) is 13.0 Å². The highest BCUT2D eigenvalue weighted by atomic mass is 16.5. The third kappa shape index (κ3) is 6.09. The molecule has 0 fully saturated rings. The molecule has 5 heteroatoms. The van der Waals surface area contributed by atoms with Crippen LogP contribution in [0, 0.1) is 22.7 Å². The molecule has 0 aromatic heterocycles. The van der Waals surface area contributed by atoms with Crippen molar-refractivity contribution in [3.05, 3.63) is 54.3 Å². The van der Waals surface area contributed by atoms with E-state index in [0.29, 0.717) is 12.3 Å². The third-order valence-corrected chi connectivity index (χ3v) is 2.51. The molecule has 0 saturated carbocycles. The van der Waals surface area contributed by atoms with Crippen LogP contribution >= 0.6 is 0 Å². The Morgan fingerprint density at radius 3 is 2.52 bits per heavy atom. The molecule has 0 N–H and O–H groups in total. The first-order valence-electron chi connectivity index (χ1n) is 6.38. The lowest BCUT2D eigenvalue weighted by molar-refractivity contribution is -0.135. The monoisotopic (exact) mass is 281 g/mol. The normalized spacial score (nSPS) is 9.48. The SMILES string of the molecule is CCN(/C=C/C=C(C#N)C#N)CC(=O)Oc1ccccc1. The Bertz CT molecular complexity index is 591. The summed E-state index contributed by atoms with van der Waals surface area (Å²) in [5.41, 5.74) is 0.00849. The summed E-state index contributed by atoms with van der Waals surface area (Å²) in [6.07, 6.45) is 4.59. The summed E-state index contributed by atoms with van der Waals surface area (Å²) in [5, 5.41) is 17.2. The van der Waals surface area contributed by atoms with Crippen LogP contribution in [0.1, 0.15) is 6.92 Å². The molecule has 0 heterocycles. The number of esters is 1. The van der Waals surface area contributed by atoms with Crippen LogP contribution in [0.3, 0.4) is 0 Å². The molecule has 5 nitrogen and oxygen atoms in total. The summed E-state index contributed by atoms with van der Waals surface area (Å²) < 4.78 is 5.18. The van der Waals surface area contributed by atoms with Gasteiger partial charge in [0.25, 0.3) is 0 Å². The van der Waals surface area contributed by atoms with Gasteiger partial charge in [0.05, 0.1) is 0 Å². The Hall–Kier alpha value is -3.05. The molecule has 0 radical (unpaired) electrons. The van der Waals surface area contributed by atoms with Crippen LogP contribution in [0.5, 0.6) is 5.75 Å². The van der Waals surface area contributed by atoms with Crippen molar-refractivity contribution < 1.29 is 9.53 Å². The number of carbonyl (C=O) groups excluding carboxylic acids is 1. The van der Waals surface area contributed by atoms with Crippen molar-refractivity contribution in [2.24, 2.45) is 0 Å². The average Bonchev–Trinajstić information content (AvgIpc) is 2.51. The van der Waals surface area contributed by atoms with Gasteiger partial charge in [-0.25, -0.2) is 4.79 Å². The molecule has 0 atom stereocenters. The van der Waals surface area contributed by atoms with Gasteiger partial charge >= 0.3 is 5.97 Å². The molecule has 0 spiro atoms. The van der Waals surface area contributed by atoms with Gasteiger partial charge < -0.3 is 9.64 Å². The number of hydrogen-bond acceptors (Lipinski definition) is 5. The third-order valence-electron chi connectivity index (χ3n) is 2.51. The van der Waals surface area contributed by atoms with Crippen LogP contribution in [0.2, 0.25) is 0 Å². The summed E-state index contributed by atoms with van der Waals surface area (Å²) in [6.45, 7) is 2.58. The standard InChI is InChI=1S/C16H15N3O2/c1-2-19(10-6-7-14(11-17)12-18)13-16(20)21-15-8-4-3-5-9-15/h3-10H,2,13H2,1H3/b10-6+. The maximum absolute atomic E-state index is 11.8. The van der Waals surface area contributed by atoms with Crippen molar-refractivity contribution in [3.63, 3.8) is 0 Å². The number of benzene rings is 1. The first-order chi connectivity index (χ1) is 10.2. The highest BCUT2D eigenvalue weighted by molar-refractivity contribution is 5.74. The fraction of sp³-hybridized carbons (Fsp3) is 0.188. The summed E-state index contributed by atoms with van der Waals surface area (Å²) in [7, 11) is 0. The van der Waals surface area contributed by atoms with Crippen LogP contribution in [0.4, 0.5) is 0 Å². The second kappa shape index (κ2) is 8.95. The van der Waals surface area contributed by atoms with Crippen LogP contribution in [-0.2, 0) is 4.79 Å². The van der Waals surface area contributed by atoms with Crippen molar-refractivity contribution in [2.45, 2.75) is 6.92 Å². The molecule has 0 bridgehead atoms. The van der Waals surface area contributed by atoms with Gasteiger partial charge in [-0.3, -0.25) is 0 Å². The number of hydrogen-bond donors (Lipinski definition) is 0. The smallest absolute Gasteiger partial charge is 0.330 e. The molecule has 1 rings (SSSR count). The maximum atomic E-state index is 11.8. The minimum absolute atomic E-state index is 0.00849. The molecule has 1 aromatic carbocycles. The minimum Gasteiger partial charge on any atom is -0.425 e. The van der Waals surface area contributed by atoms with Crippen LogP contribution in [-0.4, -0.2) is 24.0 Å². The summed E-state index contributed by atoms with van der Waals surface area (Å²) in [4.78, 5) is 13.5. The molecule has 1 aromatic rings. The maximum Gasteiger partial charge on any atom is 0.330 e. The van der Waals surface area contributed by atoms with Gasteiger partial charge in [0.1, 0.15) is 30.0 Å². The number of nitriles is 2. The first-order valence-corrected chi connectivity index (χ1v) is 6.38. The average molecular weight is 281 g/mol. The molecular formula is C16H15N3O2. The predicted octanol–water partition coefficient (Wildman–Crippen LogP) is 2.40. The van der Waals surface area contributed by atoms with Gasteiger partial charge in [-0.1, -0.05) is 18.2 Å². The van der Waals surface area contributed by atoms with E-state index in [9.17, 15) is 4.79 Å². The summed E-state index contributed by atoms with van der Waals surface area (Å²) >= 11 is 0. The molecular weight excluding hydrogens is 266 g/mol. The van der Waals surface area contributed by atoms with Crippen molar-refractivity contribution in [1.29, 1.82) is 10.5 Å². The lowest BCUT2D eigenvalue weighted by atomic mass is 10.3. The van der Waals surface area contributed by atoms with Gasteiger partial charge in [0, 0.05) is 6.54 Å². The molecule has 21 heavy (non-hydrogen) atoms. The number of ether oxygens (including phenoxy) is 1. The fourth-order valence-corrected chi connectivity index (χ4v) is 1.45. The number of allylic oxidation sites excluding steroid dienone is 3. The number of para-hydroxylation sites is 1. The Labute approximate surface area is 124 Å². The lowest BCUT2D eigenvalue weighted by Crippen LogP contribution is -2.27. The van der Waals surface area contributed by atoms with Crippen molar-refractivity contribution in [2.75, 3.05) is 13.1 Å². The van der Waals surface area contributed by atoms with Crippen molar-refractivity contribution in [3.8, 4) is 17.9 Å². The van der Waals surface area contributed by atoms with Gasteiger partial charge in [0.15, 0.2) is 0 Å². The van der Waals surface area contributed by atoms with Crippen molar-refractivity contribution >= 4 is 5.97 Å². The molecule has 0 aliphatic heterocycles. The molecule has 0 unspecified atom stereocenters. The Morgan fingerprint density at radius 2 is 1.95 bits per heavy atom. The van der Waals surface area contributed by atoms with Gasteiger partial charge in [-0.05, 0) is 37.4 Å². The lowest BCUT2D eigenvalue weighted by Gasteiger charge is -2.16. The Kier molecular flexibility index (Phi) is 6.82. The van der Waals surface area contributed by atoms with Crippen LogP contribution in [0.15, 0.2) is 54.3 Å². The van der Waals surface area contributed by atoms with E-state index in [-0.39, 0.29) is 18.1 Å². The highest BCUT2D eigenvalue weighted by Crippen LogP contribution is 2.08. The van der Waals surface area contributed by atoms with E-state index in [0.717, 1.165) is 0 Å². The number of nitrogens with zero attached hydrogens (tertiary/aromatic N) is 3. The molecule has 106 valence electrons. The molecule has 0 amide bonds. The quantitative estimate of drug-likeness (QED) is 0.346. The van der Waals surface area contributed by atoms with E-state index < -0.39 is 0 Å². The zero-order valence-corrected chi connectivity index (χ0v) is 11.7.